The molecule has 0 unspecified atom stereocenters. The first-order valence-electron chi connectivity index (χ1n) is 7.76. The van der Waals surface area contributed by atoms with Gasteiger partial charge in [0.25, 0.3) is 0 Å². The number of carbonyl (C=O) groups is 1. The van der Waals surface area contributed by atoms with Gasteiger partial charge in [-0.1, -0.05) is 11.8 Å². The molecule has 0 saturated carbocycles. The van der Waals surface area contributed by atoms with Gasteiger partial charge in [-0.15, -0.1) is 10.2 Å². The second-order valence-corrected chi connectivity index (χ2v) is 6.01. The van der Waals surface area contributed by atoms with E-state index in [9.17, 15) is 4.79 Å². The average molecular weight is 342 g/mol. The molecule has 0 N–H and O–H groups in total. The summed E-state index contributed by atoms with van der Waals surface area (Å²) in [6.07, 6.45) is 3.48. The van der Waals surface area contributed by atoms with Gasteiger partial charge in [-0.25, -0.2) is 0 Å². The third-order valence-corrected chi connectivity index (χ3v) is 4.54. The molecule has 3 heterocycles. The molecule has 0 fully saturated rings. The molecule has 124 valence electrons. The number of hydrogen-bond donors (Lipinski definition) is 0. The van der Waals surface area contributed by atoms with Crippen LogP contribution in [0.2, 0.25) is 0 Å². The predicted octanol–water partition coefficient (Wildman–Crippen LogP) is 2.15. The SMILES string of the molecule is CCN(CC)C(=O)CSc1nnc2ccc(-c3cccnc3)nn12. The smallest absolute Gasteiger partial charge is 0.233 e. The second-order valence-electron chi connectivity index (χ2n) is 5.07. The molecule has 0 aliphatic heterocycles. The van der Waals surface area contributed by atoms with Crippen molar-refractivity contribution in [3.8, 4) is 11.3 Å². The minimum Gasteiger partial charge on any atom is -0.343 e. The van der Waals surface area contributed by atoms with E-state index in [-0.39, 0.29) is 5.91 Å². The maximum atomic E-state index is 12.1. The summed E-state index contributed by atoms with van der Waals surface area (Å²) in [4.78, 5) is 18.1. The summed E-state index contributed by atoms with van der Waals surface area (Å²) in [5, 5.41) is 13.4. The number of thioether (sulfide) groups is 1. The number of pyridine rings is 1. The van der Waals surface area contributed by atoms with Crippen LogP contribution < -0.4 is 0 Å². The van der Waals surface area contributed by atoms with E-state index >= 15 is 0 Å². The molecule has 0 radical (unpaired) electrons. The van der Waals surface area contributed by atoms with Crippen molar-refractivity contribution in [1.29, 1.82) is 0 Å². The van der Waals surface area contributed by atoms with Crippen LogP contribution in [0.25, 0.3) is 16.9 Å². The highest BCUT2D eigenvalue weighted by atomic mass is 32.2. The molecule has 1 amide bonds. The molecule has 24 heavy (non-hydrogen) atoms. The molecule has 3 aromatic heterocycles. The van der Waals surface area contributed by atoms with E-state index in [1.807, 2.05) is 38.1 Å². The van der Waals surface area contributed by atoms with Gasteiger partial charge in [-0.2, -0.15) is 9.61 Å². The molecule has 3 aromatic rings. The summed E-state index contributed by atoms with van der Waals surface area (Å²) in [5.74, 6) is 0.409. The van der Waals surface area contributed by atoms with E-state index in [4.69, 9.17) is 0 Å². The van der Waals surface area contributed by atoms with Gasteiger partial charge in [0, 0.05) is 31.0 Å². The highest BCUT2D eigenvalue weighted by Crippen LogP contribution is 2.20. The van der Waals surface area contributed by atoms with Crippen LogP contribution in [0.15, 0.2) is 41.8 Å². The molecule has 7 nitrogen and oxygen atoms in total. The Bertz CT molecular complexity index is 831. The van der Waals surface area contributed by atoms with E-state index in [0.29, 0.717) is 29.6 Å². The van der Waals surface area contributed by atoms with Crippen molar-refractivity contribution in [1.82, 2.24) is 29.7 Å². The summed E-state index contributed by atoms with van der Waals surface area (Å²) < 4.78 is 1.67. The van der Waals surface area contributed by atoms with Crippen LogP contribution in [0.5, 0.6) is 0 Å². The van der Waals surface area contributed by atoms with Crippen molar-refractivity contribution in [3.63, 3.8) is 0 Å². The molecule has 0 aliphatic carbocycles. The van der Waals surface area contributed by atoms with Gasteiger partial charge < -0.3 is 4.90 Å². The molecule has 3 rings (SSSR count). The fourth-order valence-electron chi connectivity index (χ4n) is 2.32. The van der Waals surface area contributed by atoms with Gasteiger partial charge >= 0.3 is 0 Å². The lowest BCUT2D eigenvalue weighted by atomic mass is 10.2. The monoisotopic (exact) mass is 342 g/mol. The van der Waals surface area contributed by atoms with E-state index in [1.54, 1.807) is 21.8 Å². The molecule has 0 saturated heterocycles. The summed E-state index contributed by atoms with van der Waals surface area (Å²) in [6.45, 7) is 5.36. The number of amides is 1. The van der Waals surface area contributed by atoms with Gasteiger partial charge in [0.2, 0.25) is 11.1 Å². The highest BCUT2D eigenvalue weighted by Gasteiger charge is 2.14. The third-order valence-electron chi connectivity index (χ3n) is 3.63. The summed E-state index contributed by atoms with van der Waals surface area (Å²) in [7, 11) is 0. The lowest BCUT2D eigenvalue weighted by Crippen LogP contribution is -2.31. The maximum absolute atomic E-state index is 12.1. The Morgan fingerprint density at radius 1 is 1.21 bits per heavy atom. The average Bonchev–Trinajstić information content (AvgIpc) is 3.04. The van der Waals surface area contributed by atoms with Gasteiger partial charge in [-0.3, -0.25) is 9.78 Å². The minimum atomic E-state index is 0.0881. The Labute approximate surface area is 144 Å². The Morgan fingerprint density at radius 2 is 2.04 bits per heavy atom. The predicted molar refractivity (Wildman–Crippen MR) is 92.7 cm³/mol. The minimum absolute atomic E-state index is 0.0881. The second kappa shape index (κ2) is 7.39. The zero-order valence-corrected chi connectivity index (χ0v) is 14.4. The van der Waals surface area contributed by atoms with Gasteiger partial charge in [0.15, 0.2) is 5.65 Å². The van der Waals surface area contributed by atoms with Crippen molar-refractivity contribution in [2.75, 3.05) is 18.8 Å². The summed E-state index contributed by atoms with van der Waals surface area (Å²) in [5.41, 5.74) is 2.36. The van der Waals surface area contributed by atoms with Crippen molar-refractivity contribution in [3.05, 3.63) is 36.7 Å². The Kier molecular flexibility index (Phi) is 5.05. The van der Waals surface area contributed by atoms with E-state index in [0.717, 1.165) is 11.3 Å². The standard InChI is InChI=1S/C16H18N6OS/c1-3-21(4-2)15(23)11-24-16-19-18-14-8-7-13(20-22(14)16)12-6-5-9-17-10-12/h5-10H,3-4,11H2,1-2H3. The van der Waals surface area contributed by atoms with Crippen molar-refractivity contribution in [2.24, 2.45) is 0 Å². The summed E-state index contributed by atoms with van der Waals surface area (Å²) >= 11 is 1.35. The largest absolute Gasteiger partial charge is 0.343 e. The lowest BCUT2D eigenvalue weighted by molar-refractivity contribution is -0.127. The number of carbonyl (C=O) groups excluding carboxylic acids is 1. The Balaban J connectivity index is 1.83. The number of rotatable bonds is 6. The first-order valence-corrected chi connectivity index (χ1v) is 8.75. The fourth-order valence-corrected chi connectivity index (χ4v) is 3.11. The number of fused-ring (bicyclic) bond motifs is 1. The van der Waals surface area contributed by atoms with E-state index in [2.05, 4.69) is 20.3 Å². The van der Waals surface area contributed by atoms with Crippen molar-refractivity contribution in [2.45, 2.75) is 19.0 Å². The van der Waals surface area contributed by atoms with Crippen molar-refractivity contribution >= 4 is 23.3 Å². The zero-order chi connectivity index (χ0) is 16.9. The van der Waals surface area contributed by atoms with Crippen LogP contribution in [0, 0.1) is 0 Å². The number of nitrogens with zero attached hydrogens (tertiary/aromatic N) is 6. The first-order chi connectivity index (χ1) is 11.7. The Morgan fingerprint density at radius 3 is 2.75 bits per heavy atom. The van der Waals surface area contributed by atoms with Crippen molar-refractivity contribution < 1.29 is 4.79 Å². The first kappa shape index (κ1) is 16.4. The molecule has 0 aromatic carbocycles. The molecule has 0 bridgehead atoms. The lowest BCUT2D eigenvalue weighted by Gasteiger charge is -2.17. The van der Waals surface area contributed by atoms with Crippen LogP contribution in [0.3, 0.4) is 0 Å². The maximum Gasteiger partial charge on any atom is 0.233 e. The van der Waals surface area contributed by atoms with Gasteiger partial charge in [0.05, 0.1) is 11.4 Å². The molecule has 0 spiro atoms. The normalized spacial score (nSPS) is 10.9. The third kappa shape index (κ3) is 3.38. The van der Waals surface area contributed by atoms with Crippen LogP contribution >= 0.6 is 11.8 Å². The van der Waals surface area contributed by atoms with Crippen LogP contribution in [-0.4, -0.2) is 54.4 Å². The number of hydrogen-bond acceptors (Lipinski definition) is 6. The van der Waals surface area contributed by atoms with Crippen LogP contribution in [0.1, 0.15) is 13.8 Å². The quantitative estimate of drug-likeness (QED) is 0.639. The molecular formula is C16H18N6OS. The number of aromatic nitrogens is 5. The molecular weight excluding hydrogens is 324 g/mol. The van der Waals surface area contributed by atoms with E-state index < -0.39 is 0 Å². The Hall–Kier alpha value is -2.48. The molecule has 0 aliphatic rings. The fraction of sp³-hybridized carbons (Fsp3) is 0.312. The van der Waals surface area contributed by atoms with Crippen LogP contribution in [0.4, 0.5) is 0 Å². The van der Waals surface area contributed by atoms with E-state index in [1.165, 1.54) is 11.8 Å². The van der Waals surface area contributed by atoms with Crippen LogP contribution in [-0.2, 0) is 4.79 Å². The molecule has 0 atom stereocenters. The zero-order valence-electron chi connectivity index (χ0n) is 13.6. The highest BCUT2D eigenvalue weighted by molar-refractivity contribution is 7.99. The van der Waals surface area contributed by atoms with Gasteiger partial charge in [-0.05, 0) is 38.1 Å². The molecule has 8 heteroatoms. The topological polar surface area (TPSA) is 76.3 Å². The van der Waals surface area contributed by atoms with Gasteiger partial charge in [0.1, 0.15) is 0 Å². The summed E-state index contributed by atoms with van der Waals surface area (Å²) in [6, 6.07) is 7.56.